The van der Waals surface area contributed by atoms with Crippen LogP contribution in [0.4, 0.5) is 4.79 Å². The molecule has 1 aliphatic heterocycles. The fraction of sp³-hybridized carbons (Fsp3) is 0.833. The summed E-state index contributed by atoms with van der Waals surface area (Å²) in [6.07, 6.45) is 5.96. The number of fused-ring (bicyclic) bond motifs is 6. The highest BCUT2D eigenvalue weighted by Crippen LogP contribution is 2.62. The van der Waals surface area contributed by atoms with E-state index in [1.165, 1.54) is 19.3 Å². The van der Waals surface area contributed by atoms with E-state index in [0.29, 0.717) is 17.8 Å². The number of carbonyl (C=O) groups excluding carboxylic acids is 2. The molecular formula is C12H16N2O2. The zero-order chi connectivity index (χ0) is 10.9. The van der Waals surface area contributed by atoms with Gasteiger partial charge in [0.2, 0.25) is 0 Å². The third kappa shape index (κ3) is 0.837. The highest BCUT2D eigenvalue weighted by Gasteiger charge is 2.66. The molecule has 16 heavy (non-hydrogen) atoms. The third-order valence-electron chi connectivity index (χ3n) is 5.49. The molecule has 4 rings (SSSR count). The molecule has 4 heteroatoms. The molecule has 4 nitrogen and oxygen atoms in total. The lowest BCUT2D eigenvalue weighted by Gasteiger charge is -2.37. The van der Waals surface area contributed by atoms with Crippen molar-refractivity contribution in [1.29, 1.82) is 0 Å². The van der Waals surface area contributed by atoms with Gasteiger partial charge in [-0.2, -0.15) is 0 Å². The minimum absolute atomic E-state index is 0.0599. The molecule has 3 aliphatic carbocycles. The maximum atomic E-state index is 12.0. The van der Waals surface area contributed by atoms with Crippen LogP contribution < -0.4 is 10.6 Å². The molecule has 4 fully saturated rings. The molecule has 1 saturated heterocycles. The molecule has 86 valence electrons. The monoisotopic (exact) mass is 220 g/mol. The van der Waals surface area contributed by atoms with Gasteiger partial charge in [0, 0.05) is 0 Å². The van der Waals surface area contributed by atoms with Crippen molar-refractivity contribution in [3.05, 3.63) is 0 Å². The van der Waals surface area contributed by atoms with Gasteiger partial charge in [-0.3, -0.25) is 10.1 Å². The molecule has 1 heterocycles. The van der Waals surface area contributed by atoms with E-state index in [2.05, 4.69) is 10.6 Å². The molecule has 2 bridgehead atoms. The number of hydrogen-bond acceptors (Lipinski definition) is 2. The Hall–Kier alpha value is -1.06. The predicted molar refractivity (Wildman–Crippen MR) is 56.5 cm³/mol. The molecule has 0 unspecified atom stereocenters. The van der Waals surface area contributed by atoms with Crippen molar-refractivity contribution < 1.29 is 9.59 Å². The fourth-order valence-electron chi connectivity index (χ4n) is 5.05. The van der Waals surface area contributed by atoms with Crippen LogP contribution in [0.1, 0.15) is 32.1 Å². The maximum absolute atomic E-state index is 12.0. The molecule has 1 spiro atoms. The third-order valence-corrected chi connectivity index (χ3v) is 5.49. The summed E-state index contributed by atoms with van der Waals surface area (Å²) in [5.41, 5.74) is -0.521. The molecule has 5 atom stereocenters. The number of nitrogens with one attached hydrogen (secondary N) is 2. The van der Waals surface area contributed by atoms with Gasteiger partial charge in [-0.05, 0) is 49.4 Å². The van der Waals surface area contributed by atoms with Gasteiger partial charge in [-0.15, -0.1) is 0 Å². The number of imide groups is 1. The zero-order valence-electron chi connectivity index (χ0n) is 9.16. The highest BCUT2D eigenvalue weighted by atomic mass is 16.2. The van der Waals surface area contributed by atoms with E-state index in [-0.39, 0.29) is 11.9 Å². The zero-order valence-corrected chi connectivity index (χ0v) is 9.16. The first-order valence-electron chi connectivity index (χ1n) is 6.34. The molecule has 2 N–H and O–H groups in total. The van der Waals surface area contributed by atoms with Gasteiger partial charge in [-0.25, -0.2) is 4.79 Å². The average Bonchev–Trinajstić information content (AvgIpc) is 2.89. The Balaban J connectivity index is 1.74. The molecule has 0 aromatic rings. The summed E-state index contributed by atoms with van der Waals surface area (Å²) >= 11 is 0. The summed E-state index contributed by atoms with van der Waals surface area (Å²) in [5, 5.41) is 5.35. The molecule has 4 aliphatic rings. The van der Waals surface area contributed by atoms with Gasteiger partial charge in [-0.1, -0.05) is 6.42 Å². The summed E-state index contributed by atoms with van der Waals surface area (Å²) in [6, 6.07) is -0.285. The lowest BCUT2D eigenvalue weighted by atomic mass is 9.71. The minimum Gasteiger partial charge on any atom is -0.323 e. The van der Waals surface area contributed by atoms with Crippen molar-refractivity contribution in [2.45, 2.75) is 37.6 Å². The topological polar surface area (TPSA) is 58.2 Å². The minimum atomic E-state index is -0.521. The van der Waals surface area contributed by atoms with E-state index in [9.17, 15) is 9.59 Å². The molecule has 0 radical (unpaired) electrons. The summed E-state index contributed by atoms with van der Waals surface area (Å²) < 4.78 is 0. The standard InChI is InChI=1S/C12H16N2O2/c15-10-12(14-11(16)13-10)5-6-4-9(12)8-3-1-2-7(6)8/h6-9H,1-5H2,(H2,13,14,15,16)/t6-,7-,8+,9+,12-/m0/s1. The molecule has 3 amide bonds. The first-order chi connectivity index (χ1) is 7.71. The van der Waals surface area contributed by atoms with E-state index in [1.807, 2.05) is 0 Å². The van der Waals surface area contributed by atoms with Crippen LogP contribution in [0.25, 0.3) is 0 Å². The number of rotatable bonds is 0. The summed E-state index contributed by atoms with van der Waals surface area (Å²) in [6.45, 7) is 0. The van der Waals surface area contributed by atoms with Crippen molar-refractivity contribution in [2.75, 3.05) is 0 Å². The lowest BCUT2D eigenvalue weighted by molar-refractivity contribution is -0.126. The first-order valence-corrected chi connectivity index (χ1v) is 6.34. The molecule has 0 aromatic carbocycles. The van der Waals surface area contributed by atoms with Gasteiger partial charge in [0.25, 0.3) is 5.91 Å². The Bertz CT molecular complexity index is 394. The maximum Gasteiger partial charge on any atom is 0.322 e. The fourth-order valence-corrected chi connectivity index (χ4v) is 5.05. The highest BCUT2D eigenvalue weighted by molar-refractivity contribution is 6.07. The van der Waals surface area contributed by atoms with Crippen molar-refractivity contribution in [1.82, 2.24) is 10.6 Å². The van der Waals surface area contributed by atoms with Crippen LogP contribution in [0.3, 0.4) is 0 Å². The summed E-state index contributed by atoms with van der Waals surface area (Å²) in [4.78, 5) is 23.3. The van der Waals surface area contributed by atoms with Crippen molar-refractivity contribution in [3.63, 3.8) is 0 Å². The van der Waals surface area contributed by atoms with E-state index in [4.69, 9.17) is 0 Å². The Kier molecular flexibility index (Phi) is 1.47. The van der Waals surface area contributed by atoms with Crippen molar-refractivity contribution >= 4 is 11.9 Å². The summed E-state index contributed by atoms with van der Waals surface area (Å²) in [5.74, 6) is 2.58. The van der Waals surface area contributed by atoms with Crippen LogP contribution in [0.15, 0.2) is 0 Å². The van der Waals surface area contributed by atoms with Crippen molar-refractivity contribution in [2.24, 2.45) is 23.7 Å². The van der Waals surface area contributed by atoms with Gasteiger partial charge >= 0.3 is 6.03 Å². The predicted octanol–water partition coefficient (Wildman–Crippen LogP) is 1.02. The summed E-state index contributed by atoms with van der Waals surface area (Å²) in [7, 11) is 0. The van der Waals surface area contributed by atoms with Gasteiger partial charge < -0.3 is 5.32 Å². The number of hydrogen-bond donors (Lipinski definition) is 2. The van der Waals surface area contributed by atoms with Gasteiger partial charge in [0.05, 0.1) is 0 Å². The molecule has 3 saturated carbocycles. The van der Waals surface area contributed by atoms with E-state index in [1.54, 1.807) is 0 Å². The largest absolute Gasteiger partial charge is 0.323 e. The molecule has 0 aromatic heterocycles. The second kappa shape index (κ2) is 2.60. The SMILES string of the molecule is O=C1NC(=O)[C@@]2(C[C@@H]3C[C@@H]2[C@@H]2CCC[C@@H]32)N1. The quantitative estimate of drug-likeness (QED) is 0.599. The smallest absolute Gasteiger partial charge is 0.322 e. The Morgan fingerprint density at radius 2 is 2.00 bits per heavy atom. The Labute approximate surface area is 94.2 Å². The van der Waals surface area contributed by atoms with Crippen LogP contribution in [0, 0.1) is 23.7 Å². The average molecular weight is 220 g/mol. The number of urea groups is 1. The van der Waals surface area contributed by atoms with Gasteiger partial charge in [0.1, 0.15) is 5.54 Å². The molecular weight excluding hydrogens is 204 g/mol. The van der Waals surface area contributed by atoms with E-state index < -0.39 is 5.54 Å². The van der Waals surface area contributed by atoms with Crippen LogP contribution in [0.5, 0.6) is 0 Å². The van der Waals surface area contributed by atoms with Gasteiger partial charge in [0.15, 0.2) is 0 Å². The van der Waals surface area contributed by atoms with Crippen LogP contribution >= 0.6 is 0 Å². The van der Waals surface area contributed by atoms with E-state index in [0.717, 1.165) is 18.8 Å². The van der Waals surface area contributed by atoms with Crippen LogP contribution in [-0.4, -0.2) is 17.5 Å². The Morgan fingerprint density at radius 1 is 1.19 bits per heavy atom. The van der Waals surface area contributed by atoms with Crippen LogP contribution in [0.2, 0.25) is 0 Å². The second-order valence-corrected chi connectivity index (χ2v) is 5.94. The number of carbonyl (C=O) groups is 2. The van der Waals surface area contributed by atoms with Crippen LogP contribution in [-0.2, 0) is 4.79 Å². The Morgan fingerprint density at radius 3 is 2.75 bits per heavy atom. The number of amides is 3. The van der Waals surface area contributed by atoms with Crippen molar-refractivity contribution in [3.8, 4) is 0 Å². The normalized spacial score (nSPS) is 53.2. The van der Waals surface area contributed by atoms with E-state index >= 15 is 0 Å². The lowest BCUT2D eigenvalue weighted by Crippen LogP contribution is -2.54. The first kappa shape index (κ1) is 9.02. The second-order valence-electron chi connectivity index (χ2n) is 5.94.